The zero-order valence-electron chi connectivity index (χ0n) is 12.1. The summed E-state index contributed by atoms with van der Waals surface area (Å²) in [4.78, 5) is 12.2. The zero-order valence-corrected chi connectivity index (χ0v) is 13.7. The Bertz CT molecular complexity index is 520. The summed E-state index contributed by atoms with van der Waals surface area (Å²) < 4.78 is 24.3. The van der Waals surface area contributed by atoms with E-state index in [1.165, 1.54) is 19.2 Å². The number of ether oxygens (including phenoxy) is 2. The van der Waals surface area contributed by atoms with Crippen LogP contribution in [0, 0.1) is 5.82 Å². The van der Waals surface area contributed by atoms with E-state index in [1.54, 1.807) is 13.0 Å². The largest absolute Gasteiger partial charge is 0.467 e. The van der Waals surface area contributed by atoms with Crippen LogP contribution in [0.2, 0.25) is 0 Å². The quantitative estimate of drug-likeness (QED) is 0.821. The first-order valence-electron chi connectivity index (χ1n) is 6.88. The highest BCUT2D eigenvalue weighted by Crippen LogP contribution is 2.30. The second kappa shape index (κ2) is 6.85. The molecule has 1 aliphatic rings. The molecule has 4 nitrogen and oxygen atoms in total. The zero-order chi connectivity index (χ0) is 15.5. The molecule has 6 heteroatoms. The van der Waals surface area contributed by atoms with E-state index in [4.69, 9.17) is 9.47 Å². The van der Waals surface area contributed by atoms with Crippen molar-refractivity contribution in [1.29, 1.82) is 0 Å². The molecule has 1 aromatic carbocycles. The first kappa shape index (κ1) is 16.4. The third kappa shape index (κ3) is 3.62. The second-order valence-corrected chi connectivity index (χ2v) is 6.11. The van der Waals surface area contributed by atoms with E-state index >= 15 is 0 Å². The number of carbonyl (C=O) groups excluding carboxylic acids is 1. The van der Waals surface area contributed by atoms with E-state index in [1.807, 2.05) is 0 Å². The van der Waals surface area contributed by atoms with Gasteiger partial charge in [-0.1, -0.05) is 22.0 Å². The van der Waals surface area contributed by atoms with Crippen LogP contribution >= 0.6 is 15.9 Å². The Hall–Kier alpha value is -0.980. The molecule has 1 aromatic rings. The van der Waals surface area contributed by atoms with Crippen LogP contribution in [-0.2, 0) is 19.8 Å². The maximum atomic E-state index is 13.3. The fourth-order valence-electron chi connectivity index (χ4n) is 2.50. The van der Waals surface area contributed by atoms with Crippen molar-refractivity contribution >= 4 is 21.9 Å². The van der Waals surface area contributed by atoms with E-state index in [9.17, 15) is 9.18 Å². The van der Waals surface area contributed by atoms with E-state index in [-0.39, 0.29) is 11.9 Å². The average molecular weight is 360 g/mol. The molecule has 1 aliphatic heterocycles. The number of nitrogens with one attached hydrogen (secondary N) is 1. The van der Waals surface area contributed by atoms with E-state index in [0.29, 0.717) is 16.6 Å². The maximum Gasteiger partial charge on any atom is 0.330 e. The highest BCUT2D eigenvalue weighted by atomic mass is 79.9. The molecular weight excluding hydrogens is 341 g/mol. The molecule has 2 unspecified atom stereocenters. The molecular formula is C15H19BrFNO3. The average Bonchev–Trinajstić information content (AvgIpc) is 2.97. The van der Waals surface area contributed by atoms with Gasteiger partial charge in [0.25, 0.3) is 0 Å². The van der Waals surface area contributed by atoms with Gasteiger partial charge in [-0.15, -0.1) is 0 Å². The highest BCUT2D eigenvalue weighted by molar-refractivity contribution is 9.10. The van der Waals surface area contributed by atoms with Crippen LogP contribution in [0.3, 0.4) is 0 Å². The molecule has 0 amide bonds. The summed E-state index contributed by atoms with van der Waals surface area (Å²) in [5.74, 6) is -0.787. The van der Waals surface area contributed by atoms with Crippen molar-refractivity contribution < 1.29 is 18.7 Å². The van der Waals surface area contributed by atoms with Gasteiger partial charge in [-0.3, -0.25) is 5.32 Å². The standard InChI is InChI=1S/C15H19BrFNO3/c1-15(14(19)20-2,18-9-11-4-3-7-21-11)12-6-5-10(17)8-13(12)16/h5-6,8,11,18H,3-4,7,9H2,1-2H3. The number of hydrogen-bond acceptors (Lipinski definition) is 4. The molecule has 1 heterocycles. The minimum atomic E-state index is -1.06. The Morgan fingerprint density at radius 1 is 1.62 bits per heavy atom. The van der Waals surface area contributed by atoms with E-state index in [2.05, 4.69) is 21.2 Å². The van der Waals surface area contributed by atoms with Gasteiger partial charge in [-0.2, -0.15) is 0 Å². The van der Waals surface area contributed by atoms with Crippen molar-refractivity contribution in [1.82, 2.24) is 5.32 Å². The molecule has 0 aliphatic carbocycles. The van der Waals surface area contributed by atoms with Crippen LogP contribution < -0.4 is 5.32 Å². The van der Waals surface area contributed by atoms with Crippen LogP contribution in [0.25, 0.3) is 0 Å². The van der Waals surface area contributed by atoms with Crippen molar-refractivity contribution in [3.8, 4) is 0 Å². The first-order valence-corrected chi connectivity index (χ1v) is 7.67. The van der Waals surface area contributed by atoms with Crippen molar-refractivity contribution in [2.75, 3.05) is 20.3 Å². The third-order valence-corrected chi connectivity index (χ3v) is 4.43. The predicted molar refractivity (Wildman–Crippen MR) is 80.4 cm³/mol. The Labute approximate surface area is 132 Å². The minimum Gasteiger partial charge on any atom is -0.467 e. The van der Waals surface area contributed by atoms with Gasteiger partial charge in [0, 0.05) is 17.6 Å². The number of halogens is 2. The number of hydrogen-bond donors (Lipinski definition) is 1. The lowest BCUT2D eigenvalue weighted by molar-refractivity contribution is -0.148. The van der Waals surface area contributed by atoms with Crippen molar-refractivity contribution in [3.63, 3.8) is 0 Å². The monoisotopic (exact) mass is 359 g/mol. The lowest BCUT2D eigenvalue weighted by Crippen LogP contribution is -2.50. The van der Waals surface area contributed by atoms with Gasteiger partial charge in [0.05, 0.1) is 13.2 Å². The topological polar surface area (TPSA) is 47.6 Å². The summed E-state index contributed by atoms with van der Waals surface area (Å²) in [6.07, 6.45) is 2.09. The lowest BCUT2D eigenvalue weighted by atomic mass is 9.91. The first-order chi connectivity index (χ1) is 9.97. The van der Waals surface area contributed by atoms with Gasteiger partial charge < -0.3 is 9.47 Å². The fraction of sp³-hybridized carbons (Fsp3) is 0.533. The van der Waals surface area contributed by atoms with Crippen molar-refractivity contribution in [2.24, 2.45) is 0 Å². The van der Waals surface area contributed by atoms with Crippen LogP contribution in [-0.4, -0.2) is 32.3 Å². The predicted octanol–water partition coefficient (Wildman–Crippen LogP) is 2.75. The molecule has 1 saturated heterocycles. The van der Waals surface area contributed by atoms with Gasteiger partial charge >= 0.3 is 5.97 Å². The number of esters is 1. The molecule has 2 rings (SSSR count). The van der Waals surface area contributed by atoms with Gasteiger partial charge in [-0.05, 0) is 37.5 Å². The molecule has 2 atom stereocenters. The summed E-state index contributed by atoms with van der Waals surface area (Å²) >= 11 is 3.31. The Balaban J connectivity index is 2.24. The van der Waals surface area contributed by atoms with Gasteiger partial charge in [0.2, 0.25) is 0 Å². The molecule has 1 fully saturated rings. The fourth-order valence-corrected chi connectivity index (χ4v) is 3.25. The number of rotatable bonds is 5. The molecule has 0 bridgehead atoms. The molecule has 1 N–H and O–H groups in total. The number of benzene rings is 1. The van der Waals surface area contributed by atoms with E-state index < -0.39 is 11.5 Å². The minimum absolute atomic E-state index is 0.0909. The van der Waals surface area contributed by atoms with Gasteiger partial charge in [-0.25, -0.2) is 9.18 Å². The third-order valence-electron chi connectivity index (χ3n) is 3.77. The maximum absolute atomic E-state index is 13.3. The highest BCUT2D eigenvalue weighted by Gasteiger charge is 2.38. The van der Waals surface area contributed by atoms with Crippen LogP contribution in [0.5, 0.6) is 0 Å². The second-order valence-electron chi connectivity index (χ2n) is 5.26. The molecule has 0 saturated carbocycles. The molecule has 0 aromatic heterocycles. The van der Waals surface area contributed by atoms with Crippen LogP contribution in [0.15, 0.2) is 22.7 Å². The summed E-state index contributed by atoms with van der Waals surface area (Å²) in [6.45, 7) is 3.02. The summed E-state index contributed by atoms with van der Waals surface area (Å²) in [5.41, 5.74) is -0.429. The number of methoxy groups -OCH3 is 1. The Morgan fingerprint density at radius 2 is 2.38 bits per heavy atom. The Kier molecular flexibility index (Phi) is 5.35. The van der Waals surface area contributed by atoms with Crippen molar-refractivity contribution in [3.05, 3.63) is 34.1 Å². The molecule has 0 spiro atoms. The van der Waals surface area contributed by atoms with E-state index in [0.717, 1.165) is 19.4 Å². The summed E-state index contributed by atoms with van der Waals surface area (Å²) in [6, 6.07) is 4.25. The molecule has 21 heavy (non-hydrogen) atoms. The smallest absolute Gasteiger partial charge is 0.330 e. The Morgan fingerprint density at radius 3 is 2.95 bits per heavy atom. The van der Waals surface area contributed by atoms with Gasteiger partial charge in [0.1, 0.15) is 11.4 Å². The number of carbonyl (C=O) groups is 1. The summed E-state index contributed by atoms with van der Waals surface area (Å²) in [5, 5.41) is 3.21. The van der Waals surface area contributed by atoms with Crippen LogP contribution in [0.4, 0.5) is 4.39 Å². The molecule has 0 radical (unpaired) electrons. The molecule has 116 valence electrons. The SMILES string of the molecule is COC(=O)C(C)(NCC1CCCO1)c1ccc(F)cc1Br. The van der Waals surface area contributed by atoms with Crippen molar-refractivity contribution in [2.45, 2.75) is 31.4 Å². The summed E-state index contributed by atoms with van der Waals surface area (Å²) in [7, 11) is 1.34. The normalized spacial score (nSPS) is 21.0. The lowest BCUT2D eigenvalue weighted by Gasteiger charge is -2.30. The van der Waals surface area contributed by atoms with Gasteiger partial charge in [0.15, 0.2) is 0 Å². The van der Waals surface area contributed by atoms with Crippen LogP contribution in [0.1, 0.15) is 25.3 Å².